The van der Waals surface area contributed by atoms with E-state index >= 15 is 0 Å². The minimum Gasteiger partial charge on any atom is -0.508 e. The molecule has 2 aromatic heterocycles. The fourth-order valence-electron chi connectivity index (χ4n) is 3.96. The number of aryl methyl sites for hydroxylation is 1. The lowest BCUT2D eigenvalue weighted by Gasteiger charge is -2.26. The Balaban J connectivity index is 1.19. The number of phenols is 1. The number of ether oxygens (including phenoxy) is 3. The first-order valence-electron chi connectivity index (χ1n) is 11.8. The van der Waals surface area contributed by atoms with Crippen LogP contribution in [0.4, 0.5) is 0 Å². The van der Waals surface area contributed by atoms with Gasteiger partial charge in [-0.15, -0.1) is 5.10 Å². The molecule has 0 spiro atoms. The third-order valence-corrected chi connectivity index (χ3v) is 6.02. The van der Waals surface area contributed by atoms with Crippen molar-refractivity contribution in [2.24, 2.45) is 0 Å². The average molecular weight is 476 g/mol. The number of phenolic OH excluding ortho intramolecular Hbond substituents is 1. The number of aromatic nitrogens is 4. The summed E-state index contributed by atoms with van der Waals surface area (Å²) >= 11 is 0. The van der Waals surface area contributed by atoms with Crippen LogP contribution in [0.2, 0.25) is 0 Å². The lowest BCUT2D eigenvalue weighted by molar-refractivity contribution is 0.0170. The molecular formula is C26H29N5O4. The van der Waals surface area contributed by atoms with Crippen LogP contribution in [0, 0.1) is 6.92 Å². The van der Waals surface area contributed by atoms with E-state index in [1.807, 2.05) is 49.5 Å². The molecule has 5 rings (SSSR count). The van der Waals surface area contributed by atoms with Crippen LogP contribution < -0.4 is 4.74 Å². The molecule has 35 heavy (non-hydrogen) atoms. The number of hydrogen-bond acceptors (Lipinski definition) is 8. The lowest BCUT2D eigenvalue weighted by atomic mass is 10.1. The number of benzene rings is 2. The number of morpholine rings is 1. The van der Waals surface area contributed by atoms with Gasteiger partial charge in [-0.05, 0) is 48.9 Å². The Kier molecular flexibility index (Phi) is 7.17. The number of pyridine rings is 1. The van der Waals surface area contributed by atoms with Crippen LogP contribution in [0.3, 0.4) is 0 Å². The maximum absolute atomic E-state index is 9.76. The van der Waals surface area contributed by atoms with Crippen molar-refractivity contribution >= 4 is 10.9 Å². The topological polar surface area (TPSA) is 94.8 Å². The summed E-state index contributed by atoms with van der Waals surface area (Å²) in [6.07, 6.45) is 1.83. The Bertz CT molecular complexity index is 1290. The molecule has 0 saturated carbocycles. The van der Waals surface area contributed by atoms with Gasteiger partial charge < -0.3 is 19.3 Å². The summed E-state index contributed by atoms with van der Waals surface area (Å²) in [7, 11) is 0. The molecule has 0 unspecified atom stereocenters. The molecule has 4 aromatic rings. The van der Waals surface area contributed by atoms with Gasteiger partial charge in [-0.2, -0.15) is 0 Å². The first-order chi connectivity index (χ1) is 17.2. The quantitative estimate of drug-likeness (QED) is 0.369. The molecule has 0 amide bonds. The largest absolute Gasteiger partial charge is 0.508 e. The predicted octanol–water partition coefficient (Wildman–Crippen LogP) is 3.22. The highest BCUT2D eigenvalue weighted by atomic mass is 16.5. The van der Waals surface area contributed by atoms with E-state index in [9.17, 15) is 5.11 Å². The first-order valence-corrected chi connectivity index (χ1v) is 11.8. The Morgan fingerprint density at radius 3 is 2.69 bits per heavy atom. The number of aromatic hydroxyl groups is 1. The predicted molar refractivity (Wildman–Crippen MR) is 132 cm³/mol. The van der Waals surface area contributed by atoms with E-state index in [0.29, 0.717) is 25.5 Å². The van der Waals surface area contributed by atoms with E-state index in [2.05, 4.69) is 15.2 Å². The Morgan fingerprint density at radius 2 is 1.83 bits per heavy atom. The zero-order chi connectivity index (χ0) is 24.0. The molecule has 3 heterocycles. The summed E-state index contributed by atoms with van der Waals surface area (Å²) in [6, 6.07) is 15.1. The van der Waals surface area contributed by atoms with Gasteiger partial charge in [-0.3, -0.25) is 4.90 Å². The number of hydrogen-bond donors (Lipinski definition) is 1. The summed E-state index contributed by atoms with van der Waals surface area (Å²) in [5, 5.41) is 19.3. The van der Waals surface area contributed by atoms with Crippen LogP contribution in [0.5, 0.6) is 11.5 Å². The molecule has 1 N–H and O–H groups in total. The van der Waals surface area contributed by atoms with Crippen molar-refractivity contribution in [3.8, 4) is 28.6 Å². The van der Waals surface area contributed by atoms with Crippen molar-refractivity contribution in [1.29, 1.82) is 0 Å². The third kappa shape index (κ3) is 5.76. The van der Waals surface area contributed by atoms with E-state index in [4.69, 9.17) is 19.2 Å². The lowest BCUT2D eigenvalue weighted by Crippen LogP contribution is -2.38. The molecule has 1 saturated heterocycles. The molecule has 9 heteroatoms. The second-order valence-corrected chi connectivity index (χ2v) is 8.48. The van der Waals surface area contributed by atoms with Crippen molar-refractivity contribution in [2.75, 3.05) is 52.7 Å². The van der Waals surface area contributed by atoms with Crippen molar-refractivity contribution < 1.29 is 19.3 Å². The van der Waals surface area contributed by atoms with E-state index in [1.54, 1.807) is 16.8 Å². The monoisotopic (exact) mass is 475 g/mol. The smallest absolute Gasteiger partial charge is 0.131 e. The van der Waals surface area contributed by atoms with Gasteiger partial charge in [0.15, 0.2) is 0 Å². The van der Waals surface area contributed by atoms with Gasteiger partial charge in [0.1, 0.15) is 23.8 Å². The van der Waals surface area contributed by atoms with Gasteiger partial charge in [0, 0.05) is 31.1 Å². The van der Waals surface area contributed by atoms with Gasteiger partial charge in [0.05, 0.1) is 49.5 Å². The van der Waals surface area contributed by atoms with Gasteiger partial charge in [0.25, 0.3) is 0 Å². The van der Waals surface area contributed by atoms with Crippen molar-refractivity contribution in [3.63, 3.8) is 0 Å². The molecule has 0 atom stereocenters. The first kappa shape index (κ1) is 23.2. The molecule has 0 bridgehead atoms. The van der Waals surface area contributed by atoms with Crippen molar-refractivity contribution in [2.45, 2.75) is 6.92 Å². The van der Waals surface area contributed by atoms with Crippen LogP contribution in [0.25, 0.3) is 28.0 Å². The maximum Gasteiger partial charge on any atom is 0.131 e. The van der Waals surface area contributed by atoms with Crippen LogP contribution in [0.15, 0.2) is 54.7 Å². The summed E-state index contributed by atoms with van der Waals surface area (Å²) in [6.45, 7) is 8.02. The van der Waals surface area contributed by atoms with Gasteiger partial charge in [0.2, 0.25) is 0 Å². The highest BCUT2D eigenvalue weighted by Crippen LogP contribution is 2.24. The normalized spacial score (nSPS) is 14.4. The van der Waals surface area contributed by atoms with Crippen LogP contribution in [0.1, 0.15) is 5.56 Å². The zero-order valence-electron chi connectivity index (χ0n) is 19.8. The number of fused-ring (bicyclic) bond motifs is 1. The zero-order valence-corrected chi connectivity index (χ0v) is 19.8. The fourth-order valence-corrected chi connectivity index (χ4v) is 3.96. The van der Waals surface area contributed by atoms with Crippen LogP contribution >= 0.6 is 0 Å². The van der Waals surface area contributed by atoms with Crippen LogP contribution in [-0.2, 0) is 9.47 Å². The van der Waals surface area contributed by atoms with Gasteiger partial charge >= 0.3 is 0 Å². The maximum atomic E-state index is 9.76. The summed E-state index contributed by atoms with van der Waals surface area (Å²) in [5.74, 6) is 1.00. The minimum atomic E-state index is 0.253. The van der Waals surface area contributed by atoms with Crippen molar-refractivity contribution in [3.05, 3.63) is 60.3 Å². The molecule has 1 aliphatic rings. The Morgan fingerprint density at radius 1 is 0.971 bits per heavy atom. The molecular weight excluding hydrogens is 446 g/mol. The summed E-state index contributed by atoms with van der Waals surface area (Å²) in [4.78, 5) is 7.12. The van der Waals surface area contributed by atoms with Gasteiger partial charge in [-0.1, -0.05) is 11.3 Å². The standard InChI is InChI=1S/C26H29N5O4/c1-19-16-21(4-7-26(19)32)31-18-25(28-29-31)23-6-3-20-2-5-22(17-24(20)27-23)35-15-14-34-13-10-30-8-11-33-12-9-30/h2-7,16-18,32H,8-15H2,1H3. The molecule has 182 valence electrons. The van der Waals surface area contributed by atoms with E-state index in [1.165, 1.54) is 0 Å². The molecule has 0 aliphatic carbocycles. The molecule has 2 aromatic carbocycles. The van der Waals surface area contributed by atoms with Crippen LogP contribution in [-0.4, -0.2) is 82.7 Å². The second-order valence-electron chi connectivity index (χ2n) is 8.48. The molecule has 0 radical (unpaired) electrons. The van der Waals surface area contributed by atoms with Crippen molar-refractivity contribution in [1.82, 2.24) is 24.9 Å². The Labute approximate surface area is 203 Å². The second kappa shape index (κ2) is 10.8. The SMILES string of the molecule is Cc1cc(-n2cc(-c3ccc4ccc(OCCOCCN5CCOCC5)cc4n3)nn2)ccc1O. The fraction of sp³-hybridized carbons (Fsp3) is 0.346. The number of nitrogens with zero attached hydrogens (tertiary/aromatic N) is 5. The third-order valence-electron chi connectivity index (χ3n) is 6.02. The highest BCUT2D eigenvalue weighted by Gasteiger charge is 2.11. The number of rotatable bonds is 9. The Hall–Kier alpha value is -3.53. The molecule has 1 fully saturated rings. The molecule has 1 aliphatic heterocycles. The highest BCUT2D eigenvalue weighted by molar-refractivity contribution is 5.82. The van der Waals surface area contributed by atoms with E-state index < -0.39 is 0 Å². The molecule has 9 nitrogen and oxygen atoms in total. The minimum absolute atomic E-state index is 0.253. The summed E-state index contributed by atoms with van der Waals surface area (Å²) in [5.41, 5.74) is 3.81. The average Bonchev–Trinajstić information content (AvgIpc) is 3.38. The van der Waals surface area contributed by atoms with E-state index in [-0.39, 0.29) is 5.75 Å². The van der Waals surface area contributed by atoms with E-state index in [0.717, 1.165) is 66.4 Å². The summed E-state index contributed by atoms with van der Waals surface area (Å²) < 4.78 is 18.6. The van der Waals surface area contributed by atoms with Gasteiger partial charge in [-0.25, -0.2) is 9.67 Å².